The van der Waals surface area contributed by atoms with Crippen LogP contribution in [0.15, 0.2) is 58.6 Å². The molecular weight excluding hydrogens is 500 g/mol. The Balaban J connectivity index is 2.21. The fourth-order valence-electron chi connectivity index (χ4n) is 4.16. The molecule has 0 bridgehead atoms. The number of amides is 2. The molecule has 0 radical (unpaired) electrons. The molecule has 1 fully saturated rings. The molecule has 0 saturated carbocycles. The number of nitrogens with two attached hydrogens (primary N) is 2. The third kappa shape index (κ3) is 8.90. The number of aromatic nitrogens is 1. The predicted octanol–water partition coefficient (Wildman–Crippen LogP) is 3.74. The van der Waals surface area contributed by atoms with Gasteiger partial charge in [-0.05, 0) is 70.3 Å². The number of likely N-dealkylation sites (tertiary alicyclic amines) is 1. The summed E-state index contributed by atoms with van der Waals surface area (Å²) in [5, 5.41) is 5.69. The monoisotopic (exact) mass is 540 g/mol. The average Bonchev–Trinajstić information content (AvgIpc) is 3.38. The molecule has 1 aromatic heterocycles. The zero-order valence-electron chi connectivity index (χ0n) is 23.0. The number of ether oxygens (including phenoxy) is 1. The van der Waals surface area contributed by atoms with Crippen LogP contribution in [-0.4, -0.2) is 59.9 Å². The number of pyridine rings is 1. The number of anilines is 2. The first-order valence-electron chi connectivity index (χ1n) is 12.7. The van der Waals surface area contributed by atoms with Gasteiger partial charge in [-0.1, -0.05) is 37.4 Å². The van der Waals surface area contributed by atoms with Crippen LogP contribution in [0.3, 0.4) is 0 Å². The Kier molecular flexibility index (Phi) is 12.3. The number of allylic oxidation sites excluding steroid dienone is 6. The van der Waals surface area contributed by atoms with Crippen molar-refractivity contribution in [2.45, 2.75) is 47.0 Å². The summed E-state index contributed by atoms with van der Waals surface area (Å²) in [4.78, 5) is 32.5. The highest BCUT2D eigenvalue weighted by atomic mass is 32.1. The fraction of sp³-hybridized carbons (Fsp3) is 0.429. The van der Waals surface area contributed by atoms with Crippen LogP contribution in [-0.2, 0) is 14.3 Å². The third-order valence-corrected chi connectivity index (χ3v) is 6.40. The van der Waals surface area contributed by atoms with Gasteiger partial charge in [-0.2, -0.15) is 0 Å². The Morgan fingerprint density at radius 1 is 1.21 bits per heavy atom. The average molecular weight is 541 g/mol. The second-order valence-electron chi connectivity index (χ2n) is 9.10. The zero-order valence-corrected chi connectivity index (χ0v) is 23.8. The molecule has 1 saturated heterocycles. The number of nitrogens with one attached hydrogen (secondary N) is 2. The lowest BCUT2D eigenvalue weighted by Crippen LogP contribution is -2.31. The van der Waals surface area contributed by atoms with Crippen molar-refractivity contribution in [3.05, 3.63) is 64.3 Å². The van der Waals surface area contributed by atoms with Gasteiger partial charge in [0.2, 0.25) is 5.91 Å². The minimum absolute atomic E-state index is 0.0801. The minimum Gasteiger partial charge on any atom is -0.400 e. The first-order chi connectivity index (χ1) is 18.1. The van der Waals surface area contributed by atoms with Gasteiger partial charge in [0.1, 0.15) is 5.70 Å². The zero-order chi connectivity index (χ0) is 28.2. The summed E-state index contributed by atoms with van der Waals surface area (Å²) in [6.07, 6.45) is 9.86. The van der Waals surface area contributed by atoms with E-state index >= 15 is 0 Å². The van der Waals surface area contributed by atoms with Crippen LogP contribution in [0.25, 0.3) is 0 Å². The van der Waals surface area contributed by atoms with Crippen molar-refractivity contribution in [3.8, 4) is 0 Å². The molecule has 1 aliphatic heterocycles. The Bertz CT molecular complexity index is 1160. The van der Waals surface area contributed by atoms with E-state index in [9.17, 15) is 9.59 Å². The molecule has 9 nitrogen and oxygen atoms in total. The van der Waals surface area contributed by atoms with Crippen molar-refractivity contribution in [2.75, 3.05) is 44.0 Å². The van der Waals surface area contributed by atoms with E-state index in [1.54, 1.807) is 32.4 Å². The third-order valence-electron chi connectivity index (χ3n) is 6.19. The molecule has 1 aliphatic rings. The number of methoxy groups -OCH3 is 1. The van der Waals surface area contributed by atoms with Crippen LogP contribution in [0.1, 0.15) is 45.7 Å². The van der Waals surface area contributed by atoms with Gasteiger partial charge < -0.3 is 26.8 Å². The van der Waals surface area contributed by atoms with Gasteiger partial charge in [-0.15, -0.1) is 0 Å². The second-order valence-corrected chi connectivity index (χ2v) is 9.71. The quantitative estimate of drug-likeness (QED) is 0.179. The molecule has 2 amide bonds. The summed E-state index contributed by atoms with van der Waals surface area (Å²) in [6.45, 7) is 9.83. The van der Waals surface area contributed by atoms with Crippen LogP contribution in [0.2, 0.25) is 0 Å². The van der Waals surface area contributed by atoms with E-state index in [2.05, 4.69) is 20.5 Å². The summed E-state index contributed by atoms with van der Waals surface area (Å²) in [5.74, 6) is -0.571. The standard InChI is InChI=1S/C28H40N6O3S/c1-6-20(26(19(4)38)23(29)17-37-5)10-11-21(7-2)27(30)28(36)33-24-14-22(15-31-18(24)3)32-25(35)16-34-12-8-9-13-34/h6,10-11,14-15H,7-9,12-13,16-17,29-30H2,1-5H3,(H,32,35)(H,33,36)/b11-10-,20-6+,26-23+,27-21+. The number of hydrogen-bond acceptors (Lipinski definition) is 8. The van der Waals surface area contributed by atoms with E-state index in [-0.39, 0.29) is 18.2 Å². The van der Waals surface area contributed by atoms with Gasteiger partial charge >= 0.3 is 0 Å². The molecule has 38 heavy (non-hydrogen) atoms. The van der Waals surface area contributed by atoms with Crippen molar-refractivity contribution in [1.82, 2.24) is 9.88 Å². The van der Waals surface area contributed by atoms with Crippen molar-refractivity contribution in [1.29, 1.82) is 0 Å². The Hall–Kier alpha value is -3.34. The van der Waals surface area contributed by atoms with Gasteiger partial charge in [-0.25, -0.2) is 0 Å². The molecule has 0 unspecified atom stereocenters. The summed E-state index contributed by atoms with van der Waals surface area (Å²) in [5.41, 5.74) is 16.8. The SMILES string of the molecule is C/C=C(\C=C/C(CC)=C(/N)C(=O)Nc1cc(NC(=O)CN2CCCC2)cnc1C)C(/C(C)=S)=C(/N)COC. The highest BCUT2D eigenvalue weighted by molar-refractivity contribution is 7.80. The molecule has 10 heteroatoms. The smallest absolute Gasteiger partial charge is 0.271 e. The molecule has 0 aliphatic carbocycles. The largest absolute Gasteiger partial charge is 0.400 e. The van der Waals surface area contributed by atoms with E-state index in [4.69, 9.17) is 28.4 Å². The summed E-state index contributed by atoms with van der Waals surface area (Å²) < 4.78 is 5.16. The number of rotatable bonds is 12. The van der Waals surface area contributed by atoms with Crippen LogP contribution in [0.5, 0.6) is 0 Å². The van der Waals surface area contributed by atoms with Crippen LogP contribution in [0.4, 0.5) is 11.4 Å². The lowest BCUT2D eigenvalue weighted by Gasteiger charge is -2.15. The number of nitrogens with zero attached hydrogens (tertiary/aromatic N) is 2. The lowest BCUT2D eigenvalue weighted by molar-refractivity contribution is -0.117. The number of carbonyl (C=O) groups excluding carboxylic acids is 2. The first-order valence-corrected chi connectivity index (χ1v) is 13.1. The molecule has 2 heterocycles. The summed E-state index contributed by atoms with van der Waals surface area (Å²) >= 11 is 5.40. The van der Waals surface area contributed by atoms with Crippen molar-refractivity contribution in [2.24, 2.45) is 11.5 Å². The van der Waals surface area contributed by atoms with Gasteiger partial charge in [0, 0.05) is 23.2 Å². The normalized spacial score (nSPS) is 15.8. The van der Waals surface area contributed by atoms with E-state index in [0.717, 1.165) is 37.1 Å². The van der Waals surface area contributed by atoms with Crippen molar-refractivity contribution >= 4 is 40.3 Å². The lowest BCUT2D eigenvalue weighted by atomic mass is 9.98. The number of carbonyl (C=O) groups is 2. The molecule has 1 aromatic rings. The van der Waals surface area contributed by atoms with Gasteiger partial charge in [0.05, 0.1) is 36.4 Å². The Labute approximate surface area is 231 Å². The van der Waals surface area contributed by atoms with Crippen LogP contribution >= 0.6 is 12.2 Å². The summed E-state index contributed by atoms with van der Waals surface area (Å²) in [7, 11) is 1.57. The van der Waals surface area contributed by atoms with E-state index in [1.165, 1.54) is 0 Å². The minimum atomic E-state index is -0.459. The molecule has 2 rings (SSSR count). The van der Waals surface area contributed by atoms with E-state index < -0.39 is 5.91 Å². The fourth-order valence-corrected chi connectivity index (χ4v) is 4.41. The maximum atomic E-state index is 13.0. The first kappa shape index (κ1) is 30.9. The molecule has 206 valence electrons. The van der Waals surface area contributed by atoms with Gasteiger partial charge in [0.25, 0.3) is 5.91 Å². The topological polar surface area (TPSA) is 136 Å². The predicted molar refractivity (Wildman–Crippen MR) is 158 cm³/mol. The molecule has 0 aromatic carbocycles. The van der Waals surface area contributed by atoms with E-state index in [1.807, 2.05) is 32.9 Å². The maximum absolute atomic E-state index is 13.0. The van der Waals surface area contributed by atoms with Gasteiger partial charge in [0.15, 0.2) is 0 Å². The van der Waals surface area contributed by atoms with Crippen LogP contribution in [0, 0.1) is 6.92 Å². The second kappa shape index (κ2) is 15.2. The summed E-state index contributed by atoms with van der Waals surface area (Å²) in [6, 6.07) is 1.69. The molecular formula is C28H40N6O3S. The number of aryl methyl sites for hydroxylation is 1. The Morgan fingerprint density at radius 2 is 1.89 bits per heavy atom. The molecule has 0 spiro atoms. The molecule has 6 N–H and O–H groups in total. The van der Waals surface area contributed by atoms with Crippen molar-refractivity contribution < 1.29 is 14.3 Å². The molecule has 0 atom stereocenters. The Morgan fingerprint density at radius 3 is 2.47 bits per heavy atom. The highest BCUT2D eigenvalue weighted by Gasteiger charge is 2.17. The van der Waals surface area contributed by atoms with Crippen LogP contribution < -0.4 is 22.1 Å². The maximum Gasteiger partial charge on any atom is 0.271 e. The van der Waals surface area contributed by atoms with Gasteiger partial charge in [-0.3, -0.25) is 19.5 Å². The number of hydrogen-bond donors (Lipinski definition) is 4. The number of thiocarbonyl (C=S) groups is 1. The van der Waals surface area contributed by atoms with E-state index in [0.29, 0.717) is 46.2 Å². The highest BCUT2D eigenvalue weighted by Crippen LogP contribution is 2.21. The van der Waals surface area contributed by atoms with Crippen molar-refractivity contribution in [3.63, 3.8) is 0 Å².